The Morgan fingerprint density at radius 2 is 2.00 bits per heavy atom. The highest BCUT2D eigenvalue weighted by molar-refractivity contribution is 7.89. The topological polar surface area (TPSA) is 42.4 Å². The zero-order valence-electron chi connectivity index (χ0n) is 17.6. The summed E-state index contributed by atoms with van der Waals surface area (Å²) in [4.78, 5) is 5.93. The fraction of sp³-hybridized carbons (Fsp3) is 0.762. The molecule has 2 saturated carbocycles. The van der Waals surface area contributed by atoms with Crippen LogP contribution >= 0.6 is 0 Å². The van der Waals surface area contributed by atoms with E-state index in [2.05, 4.69) is 18.8 Å². The van der Waals surface area contributed by atoms with Crippen LogP contribution in [-0.4, -0.2) is 51.4 Å². The summed E-state index contributed by atoms with van der Waals surface area (Å²) >= 11 is -1.29. The van der Waals surface area contributed by atoms with Crippen LogP contribution in [0.15, 0.2) is 18.3 Å². The lowest BCUT2D eigenvalue weighted by Crippen LogP contribution is -2.56. The molecule has 2 heterocycles. The minimum Gasteiger partial charge on any atom is -0.598 e. The summed E-state index contributed by atoms with van der Waals surface area (Å²) in [6, 6.07) is 2.37. The van der Waals surface area contributed by atoms with Crippen molar-refractivity contribution in [3.63, 3.8) is 0 Å². The number of anilines is 1. The maximum absolute atomic E-state index is 14.9. The maximum atomic E-state index is 14.9. The molecule has 0 radical (unpaired) electrons. The number of halogens is 4. The van der Waals surface area contributed by atoms with E-state index in [1.807, 2.05) is 16.1 Å². The second-order valence-electron chi connectivity index (χ2n) is 9.62. The summed E-state index contributed by atoms with van der Waals surface area (Å²) in [5, 5.41) is 0. The lowest BCUT2D eigenvalue weighted by atomic mass is 9.70. The van der Waals surface area contributed by atoms with E-state index in [-0.39, 0.29) is 11.5 Å². The Morgan fingerprint density at radius 1 is 1.27 bits per heavy atom. The summed E-state index contributed by atoms with van der Waals surface area (Å²) < 4.78 is 68.4. The Kier molecular flexibility index (Phi) is 5.55. The van der Waals surface area contributed by atoms with Crippen molar-refractivity contribution in [3.8, 4) is 0 Å². The van der Waals surface area contributed by atoms with E-state index in [4.69, 9.17) is 0 Å². The molecule has 1 aromatic rings. The SMILES string of the molecule is C[C@H]1CN([S+]([O-])C[C@]23CC[C@H](CC2F)C3(C)C)CCN1c1ccc(C(F)(F)F)cn1. The number of hydrogen-bond acceptors (Lipinski definition) is 4. The van der Waals surface area contributed by atoms with Gasteiger partial charge in [-0.15, -0.1) is 4.31 Å². The molecule has 2 aliphatic carbocycles. The van der Waals surface area contributed by atoms with E-state index >= 15 is 0 Å². The van der Waals surface area contributed by atoms with Gasteiger partial charge in [0.2, 0.25) is 0 Å². The molecule has 0 amide bonds. The molecule has 3 aliphatic rings. The largest absolute Gasteiger partial charge is 0.598 e. The van der Waals surface area contributed by atoms with Crippen LogP contribution in [0.25, 0.3) is 0 Å². The average molecular weight is 448 g/mol. The number of rotatable bonds is 4. The van der Waals surface area contributed by atoms with Crippen LogP contribution in [0.4, 0.5) is 23.4 Å². The third kappa shape index (κ3) is 3.50. The van der Waals surface area contributed by atoms with Gasteiger partial charge in [0.05, 0.1) is 24.1 Å². The van der Waals surface area contributed by atoms with Gasteiger partial charge in [-0.2, -0.15) is 13.2 Å². The minimum atomic E-state index is -4.41. The predicted molar refractivity (Wildman–Crippen MR) is 109 cm³/mol. The van der Waals surface area contributed by atoms with Gasteiger partial charge in [0.15, 0.2) is 0 Å². The number of hydrogen-bond donors (Lipinski definition) is 0. The number of pyridine rings is 1. The molecule has 4 nitrogen and oxygen atoms in total. The van der Waals surface area contributed by atoms with E-state index in [1.54, 1.807) is 0 Å². The lowest BCUT2D eigenvalue weighted by Gasteiger charge is -2.43. The summed E-state index contributed by atoms with van der Waals surface area (Å²) in [6.07, 6.45) is -2.07. The molecule has 2 bridgehead atoms. The highest BCUT2D eigenvalue weighted by Crippen LogP contribution is 2.67. The normalized spacial score (nSPS) is 35.1. The van der Waals surface area contributed by atoms with Gasteiger partial charge in [0.25, 0.3) is 0 Å². The summed E-state index contributed by atoms with van der Waals surface area (Å²) in [5.41, 5.74) is -1.43. The second kappa shape index (κ2) is 7.52. The van der Waals surface area contributed by atoms with Crippen LogP contribution in [0.1, 0.15) is 45.6 Å². The predicted octanol–water partition coefficient (Wildman–Crippen LogP) is 4.44. The van der Waals surface area contributed by atoms with Gasteiger partial charge < -0.3 is 9.45 Å². The number of alkyl halides is 4. The highest BCUT2D eigenvalue weighted by atomic mass is 32.2. The molecule has 1 aliphatic heterocycles. The summed E-state index contributed by atoms with van der Waals surface area (Å²) in [6.45, 7) is 7.73. The Labute approximate surface area is 178 Å². The molecule has 4 rings (SSSR count). The molecule has 0 spiro atoms. The highest BCUT2D eigenvalue weighted by Gasteiger charge is 2.67. The third-order valence-corrected chi connectivity index (χ3v) is 9.63. The van der Waals surface area contributed by atoms with E-state index in [9.17, 15) is 22.1 Å². The molecule has 9 heteroatoms. The molecular weight excluding hydrogens is 418 g/mol. The van der Waals surface area contributed by atoms with Gasteiger partial charge in [0, 0.05) is 30.1 Å². The number of aromatic nitrogens is 1. The van der Waals surface area contributed by atoms with Crippen LogP contribution in [0.3, 0.4) is 0 Å². The number of fused-ring (bicyclic) bond motifs is 2. The molecule has 1 saturated heterocycles. The van der Waals surface area contributed by atoms with Crippen molar-refractivity contribution in [1.82, 2.24) is 9.29 Å². The molecule has 168 valence electrons. The van der Waals surface area contributed by atoms with Crippen LogP contribution in [-0.2, 0) is 17.5 Å². The second-order valence-corrected chi connectivity index (χ2v) is 11.1. The van der Waals surface area contributed by atoms with E-state index in [1.165, 1.54) is 6.07 Å². The van der Waals surface area contributed by atoms with Gasteiger partial charge in [0.1, 0.15) is 17.7 Å². The van der Waals surface area contributed by atoms with Gasteiger partial charge >= 0.3 is 6.18 Å². The Hall–Kier alpha value is -1.06. The zero-order valence-corrected chi connectivity index (χ0v) is 18.4. The van der Waals surface area contributed by atoms with Crippen molar-refractivity contribution < 1.29 is 22.1 Å². The maximum Gasteiger partial charge on any atom is 0.417 e. The van der Waals surface area contributed by atoms with Gasteiger partial charge in [-0.1, -0.05) is 13.8 Å². The van der Waals surface area contributed by atoms with Crippen molar-refractivity contribution in [1.29, 1.82) is 0 Å². The van der Waals surface area contributed by atoms with Crippen molar-refractivity contribution >= 4 is 17.2 Å². The standard InChI is InChI=1S/C21H29F4N3OS/c1-14-12-27(8-9-28(14)18-5-4-16(11-26-18)21(23,24)25)30(29)13-20-7-6-15(10-17(20)22)19(20,2)3/h4-5,11,14-15,17H,6-10,12-13H2,1-3H3/t14-,15+,17?,20+,30?/m0/s1. The molecule has 5 atom stereocenters. The van der Waals surface area contributed by atoms with Crippen LogP contribution in [0, 0.1) is 16.7 Å². The monoisotopic (exact) mass is 447 g/mol. The molecule has 3 fully saturated rings. The molecule has 0 aromatic carbocycles. The molecule has 1 aromatic heterocycles. The van der Waals surface area contributed by atoms with Gasteiger partial charge in [-0.3, -0.25) is 0 Å². The van der Waals surface area contributed by atoms with Crippen LogP contribution in [0.5, 0.6) is 0 Å². The number of nitrogens with zero attached hydrogens (tertiary/aromatic N) is 3. The first kappa shape index (κ1) is 22.1. The smallest absolute Gasteiger partial charge is 0.417 e. The van der Waals surface area contributed by atoms with E-state index in [0.717, 1.165) is 25.1 Å². The molecular formula is C21H29F4N3OS. The van der Waals surface area contributed by atoms with Gasteiger partial charge in [-0.05, 0) is 49.7 Å². The first-order chi connectivity index (χ1) is 14.0. The van der Waals surface area contributed by atoms with Crippen molar-refractivity contribution in [2.75, 3.05) is 30.3 Å². The Morgan fingerprint density at radius 3 is 2.50 bits per heavy atom. The van der Waals surface area contributed by atoms with Crippen LogP contribution < -0.4 is 4.90 Å². The Bertz CT molecular complexity index is 775. The van der Waals surface area contributed by atoms with E-state index in [0.29, 0.717) is 43.5 Å². The lowest BCUT2D eigenvalue weighted by molar-refractivity contribution is -0.137. The fourth-order valence-corrected chi connectivity index (χ4v) is 7.79. The summed E-state index contributed by atoms with van der Waals surface area (Å²) in [5.74, 6) is 1.20. The third-order valence-electron chi connectivity index (χ3n) is 7.96. The fourth-order valence-electron chi connectivity index (χ4n) is 5.80. The van der Waals surface area contributed by atoms with Crippen LogP contribution in [0.2, 0.25) is 0 Å². The summed E-state index contributed by atoms with van der Waals surface area (Å²) in [7, 11) is 0. The van der Waals surface area contributed by atoms with Gasteiger partial charge in [-0.25, -0.2) is 9.37 Å². The quantitative estimate of drug-likeness (QED) is 0.506. The van der Waals surface area contributed by atoms with E-state index < -0.39 is 34.7 Å². The number of piperazine rings is 1. The molecule has 0 N–H and O–H groups in total. The van der Waals surface area contributed by atoms with Crippen molar-refractivity contribution in [2.24, 2.45) is 16.7 Å². The van der Waals surface area contributed by atoms with Crippen molar-refractivity contribution in [2.45, 2.75) is 58.4 Å². The molecule has 30 heavy (non-hydrogen) atoms. The zero-order chi connectivity index (χ0) is 21.9. The first-order valence-electron chi connectivity index (χ1n) is 10.5. The molecule has 2 unspecified atom stereocenters. The van der Waals surface area contributed by atoms with Crippen molar-refractivity contribution in [3.05, 3.63) is 23.9 Å². The first-order valence-corrected chi connectivity index (χ1v) is 11.8. The Balaban J connectivity index is 1.41. The average Bonchev–Trinajstić information content (AvgIpc) is 3.02. The minimum absolute atomic E-state index is 0.0569.